The van der Waals surface area contributed by atoms with Crippen LogP contribution in [-0.2, 0) is 20.7 Å². The van der Waals surface area contributed by atoms with Crippen LogP contribution in [0.2, 0.25) is 0 Å². The Labute approximate surface area is 223 Å². The molecule has 8 N–H and O–H groups in total. The van der Waals surface area contributed by atoms with Gasteiger partial charge in [-0.1, -0.05) is 0 Å². The molecule has 214 valence electrons. The van der Waals surface area contributed by atoms with Gasteiger partial charge in [0.2, 0.25) is 0 Å². The van der Waals surface area contributed by atoms with Crippen molar-refractivity contribution in [1.29, 1.82) is 0 Å². The summed E-state index contributed by atoms with van der Waals surface area (Å²) < 4.78 is 11.1. The second-order valence-corrected chi connectivity index (χ2v) is 10.5. The number of benzene rings is 2. The number of hydrogen-bond donors (Lipinski definition) is 8. The summed E-state index contributed by atoms with van der Waals surface area (Å²) >= 11 is 0. The molecule has 1 aliphatic heterocycles. The van der Waals surface area contributed by atoms with Crippen molar-refractivity contribution in [2.45, 2.75) is 82.4 Å². The van der Waals surface area contributed by atoms with E-state index < -0.39 is 77.8 Å². The average Bonchev–Trinajstić information content (AvgIpc) is 2.88. The van der Waals surface area contributed by atoms with Crippen LogP contribution >= 0.6 is 0 Å². The van der Waals surface area contributed by atoms with E-state index in [0.717, 1.165) is 7.11 Å². The number of aromatic hydroxyl groups is 3. The van der Waals surface area contributed by atoms with Gasteiger partial charge < -0.3 is 50.3 Å². The lowest BCUT2D eigenvalue weighted by atomic mass is 9.74. The van der Waals surface area contributed by atoms with E-state index >= 15 is 0 Å². The molecule has 12 nitrogen and oxygen atoms in total. The van der Waals surface area contributed by atoms with E-state index in [-0.39, 0.29) is 51.6 Å². The predicted molar refractivity (Wildman–Crippen MR) is 135 cm³/mol. The molecule has 1 heterocycles. The summed E-state index contributed by atoms with van der Waals surface area (Å²) in [5.41, 5.74) is -0.0435. The van der Waals surface area contributed by atoms with Gasteiger partial charge in [-0.15, -0.1) is 0 Å². The minimum atomic E-state index is -1.83. The molecule has 1 saturated heterocycles. The number of rotatable bonds is 6. The second-order valence-electron chi connectivity index (χ2n) is 10.5. The van der Waals surface area contributed by atoms with Crippen molar-refractivity contribution >= 4 is 22.3 Å². The van der Waals surface area contributed by atoms with Gasteiger partial charge >= 0.3 is 0 Å². The number of aliphatic hydroxyl groups excluding tert-OH is 5. The molecule has 0 saturated carbocycles. The molecule has 0 amide bonds. The van der Waals surface area contributed by atoms with Gasteiger partial charge in [0.05, 0.1) is 35.4 Å². The van der Waals surface area contributed by atoms with Crippen LogP contribution in [0.4, 0.5) is 0 Å². The number of Topliss-reactive ketones (excluding diaryl/α,β-unsaturated/α-hetero) is 2. The number of phenols is 3. The molecule has 0 bridgehead atoms. The Balaban J connectivity index is 1.91. The van der Waals surface area contributed by atoms with Gasteiger partial charge in [0.15, 0.2) is 11.6 Å². The van der Waals surface area contributed by atoms with Crippen LogP contribution < -0.4 is 0 Å². The molecule has 2 aliphatic rings. The number of methoxy groups -OCH3 is 1. The van der Waals surface area contributed by atoms with Gasteiger partial charge in [-0.25, -0.2) is 0 Å². The van der Waals surface area contributed by atoms with Gasteiger partial charge in [0.25, 0.3) is 0 Å². The number of ketones is 2. The van der Waals surface area contributed by atoms with Crippen molar-refractivity contribution in [3.63, 3.8) is 0 Å². The highest BCUT2D eigenvalue weighted by atomic mass is 16.5. The Morgan fingerprint density at radius 2 is 1.74 bits per heavy atom. The molecule has 0 aromatic heterocycles. The number of ether oxygens (including phenoxy) is 2. The smallest absolute Gasteiger partial charge is 0.195 e. The Bertz CT molecular complexity index is 1290. The molecule has 0 unspecified atom stereocenters. The van der Waals surface area contributed by atoms with E-state index in [2.05, 4.69) is 0 Å². The number of aliphatic hydroxyl groups is 5. The van der Waals surface area contributed by atoms with Crippen molar-refractivity contribution in [2.75, 3.05) is 7.11 Å². The van der Waals surface area contributed by atoms with E-state index in [1.54, 1.807) is 6.92 Å². The summed E-state index contributed by atoms with van der Waals surface area (Å²) in [6, 6.07) is 1.42. The Kier molecular flexibility index (Phi) is 7.94. The Morgan fingerprint density at radius 3 is 2.31 bits per heavy atom. The zero-order valence-corrected chi connectivity index (χ0v) is 21.9. The largest absolute Gasteiger partial charge is 0.507 e. The van der Waals surface area contributed by atoms with E-state index in [0.29, 0.717) is 0 Å². The zero-order chi connectivity index (χ0) is 29.1. The summed E-state index contributed by atoms with van der Waals surface area (Å²) in [4.78, 5) is 26.1. The molecule has 2 aromatic carbocycles. The fourth-order valence-electron chi connectivity index (χ4n) is 5.71. The van der Waals surface area contributed by atoms with Gasteiger partial charge in [0, 0.05) is 30.6 Å². The van der Waals surface area contributed by atoms with Crippen molar-refractivity contribution in [2.24, 2.45) is 5.92 Å². The highest BCUT2D eigenvalue weighted by molar-refractivity contribution is 6.12. The number of hydrogen-bond acceptors (Lipinski definition) is 12. The van der Waals surface area contributed by atoms with Crippen LogP contribution in [-0.4, -0.2) is 102 Å². The highest BCUT2D eigenvalue weighted by Crippen LogP contribution is 2.51. The monoisotopic (exact) mass is 550 g/mol. The topological polar surface area (TPSA) is 214 Å². The predicted octanol–water partition coefficient (Wildman–Crippen LogP) is -0.122. The lowest BCUT2D eigenvalue weighted by molar-refractivity contribution is -0.163. The molecular formula is C27H34O12. The minimum absolute atomic E-state index is 0.0246. The number of carbonyl (C=O) groups is 2. The molecule has 0 radical (unpaired) electrons. The molecule has 0 spiro atoms. The average molecular weight is 551 g/mol. The van der Waals surface area contributed by atoms with Crippen LogP contribution in [0.25, 0.3) is 10.8 Å². The summed E-state index contributed by atoms with van der Waals surface area (Å²) in [5.74, 6) is -4.63. The van der Waals surface area contributed by atoms with Crippen molar-refractivity contribution in [3.8, 4) is 17.2 Å². The summed E-state index contributed by atoms with van der Waals surface area (Å²) in [6.07, 6.45) is -11.0. The maximum absolute atomic E-state index is 13.3. The van der Waals surface area contributed by atoms with Gasteiger partial charge in [0.1, 0.15) is 41.7 Å². The van der Waals surface area contributed by atoms with E-state index in [1.807, 2.05) is 0 Å². The molecule has 4 rings (SSSR count). The molecular weight excluding hydrogens is 516 g/mol. The third kappa shape index (κ3) is 4.65. The molecule has 1 aliphatic carbocycles. The summed E-state index contributed by atoms with van der Waals surface area (Å²) in [5, 5.41) is 84.1. The van der Waals surface area contributed by atoms with Gasteiger partial charge in [-0.3, -0.25) is 9.59 Å². The van der Waals surface area contributed by atoms with E-state index in [9.17, 15) is 50.4 Å². The normalized spacial score (nSPS) is 29.6. The van der Waals surface area contributed by atoms with Gasteiger partial charge in [-0.2, -0.15) is 0 Å². The third-order valence-corrected chi connectivity index (χ3v) is 7.95. The molecule has 9 atom stereocenters. The fourth-order valence-corrected chi connectivity index (χ4v) is 5.71. The minimum Gasteiger partial charge on any atom is -0.507 e. The van der Waals surface area contributed by atoms with Crippen LogP contribution in [0, 0.1) is 12.8 Å². The first-order chi connectivity index (χ1) is 18.2. The quantitative estimate of drug-likeness (QED) is 0.236. The van der Waals surface area contributed by atoms with Crippen LogP contribution in [0.1, 0.15) is 53.4 Å². The summed E-state index contributed by atoms with van der Waals surface area (Å²) in [6.45, 7) is 4.13. The molecule has 39 heavy (non-hydrogen) atoms. The highest BCUT2D eigenvalue weighted by Gasteiger charge is 2.46. The third-order valence-electron chi connectivity index (χ3n) is 7.95. The Morgan fingerprint density at radius 1 is 1.10 bits per heavy atom. The van der Waals surface area contributed by atoms with Gasteiger partial charge in [-0.05, 0) is 44.2 Å². The lowest BCUT2D eigenvalue weighted by Crippen LogP contribution is -2.50. The van der Waals surface area contributed by atoms with E-state index in [1.165, 1.54) is 19.9 Å². The maximum atomic E-state index is 13.3. The van der Waals surface area contributed by atoms with Crippen LogP contribution in [0.15, 0.2) is 6.07 Å². The van der Waals surface area contributed by atoms with Crippen molar-refractivity contribution in [3.05, 3.63) is 28.3 Å². The first-order valence-electron chi connectivity index (χ1n) is 12.6. The van der Waals surface area contributed by atoms with E-state index in [4.69, 9.17) is 9.47 Å². The maximum Gasteiger partial charge on any atom is 0.195 e. The first kappa shape index (κ1) is 29.2. The number of carbonyl (C=O) groups excluding carboxylic acids is 2. The molecule has 2 aromatic rings. The van der Waals surface area contributed by atoms with Crippen molar-refractivity contribution < 1.29 is 59.9 Å². The zero-order valence-electron chi connectivity index (χ0n) is 21.9. The van der Waals surface area contributed by atoms with Crippen LogP contribution in [0.3, 0.4) is 0 Å². The number of fused-ring (bicyclic) bond motifs is 2. The van der Waals surface area contributed by atoms with Crippen molar-refractivity contribution in [1.82, 2.24) is 0 Å². The fraction of sp³-hybridized carbons (Fsp3) is 0.556. The summed E-state index contributed by atoms with van der Waals surface area (Å²) in [7, 11) is 1.15. The SMILES string of the molecule is CO[C@H](C(=O)[C@@H](O)[C@@H](C)O)[C@@H]1Cc2cc3c([C@H]4C[C@@H](O)[C@H](O)[C@@H](C)O4)c(O)c(C)c(O)c3c(O)c2C(=O)[C@H]1O. The molecule has 1 fully saturated rings. The second kappa shape index (κ2) is 10.6. The Hall–Kier alpha value is -2.84. The lowest BCUT2D eigenvalue weighted by Gasteiger charge is -2.37. The first-order valence-corrected chi connectivity index (χ1v) is 12.6. The molecule has 12 heteroatoms. The van der Waals surface area contributed by atoms with Crippen LogP contribution in [0.5, 0.6) is 17.2 Å². The standard InChI is InChI=1S/C27H34O12/c1-8-19(30)17(15-7-14(29)22(33)10(3)39-15)12-5-11-6-13(27(38-4)26(37)21(32)9(2)28)23(34)25(36)16(11)24(35)18(12)20(8)31/h5,9-10,13-15,21-23,27-35H,6-7H2,1-4H3/t9-,10-,13-,14-,15-,21+,22-,23+,27+/m1/s1. The number of phenolic OH excluding ortho intramolecular Hbond substituents is 3.